The second-order valence-electron chi connectivity index (χ2n) is 9.02. The molecule has 3 aromatic rings. The molecule has 0 saturated carbocycles. The molecular weight excluding hydrogens is 428 g/mol. The molecule has 1 N–H and O–H groups in total. The van der Waals surface area contributed by atoms with Crippen LogP contribution in [0.3, 0.4) is 0 Å². The maximum atomic E-state index is 12.9. The van der Waals surface area contributed by atoms with Gasteiger partial charge in [-0.05, 0) is 64.0 Å². The van der Waals surface area contributed by atoms with Gasteiger partial charge in [-0.1, -0.05) is 24.3 Å². The van der Waals surface area contributed by atoms with Gasteiger partial charge in [-0.15, -0.1) is 0 Å². The molecule has 178 valence electrons. The van der Waals surface area contributed by atoms with Gasteiger partial charge in [0.25, 0.3) is 5.91 Å². The van der Waals surface area contributed by atoms with Crippen LogP contribution in [0.2, 0.25) is 0 Å². The highest BCUT2D eigenvalue weighted by Crippen LogP contribution is 2.32. The van der Waals surface area contributed by atoms with Crippen LogP contribution in [0.5, 0.6) is 0 Å². The minimum absolute atomic E-state index is 0.00108. The lowest BCUT2D eigenvalue weighted by atomic mass is 10.1. The molecule has 4 rings (SSSR count). The Morgan fingerprint density at radius 2 is 2.03 bits per heavy atom. The van der Waals surface area contributed by atoms with Crippen molar-refractivity contribution in [3.63, 3.8) is 0 Å². The number of hydrogen-bond acceptors (Lipinski definition) is 5. The van der Waals surface area contributed by atoms with E-state index in [1.165, 1.54) is 0 Å². The summed E-state index contributed by atoms with van der Waals surface area (Å²) in [6.45, 7) is 4.06. The number of para-hydroxylation sites is 1. The Balaban J connectivity index is 1.67. The number of likely N-dealkylation sites (N-methyl/N-ethyl adjacent to an activating group) is 1. The first kappa shape index (κ1) is 23.6. The van der Waals surface area contributed by atoms with Crippen molar-refractivity contribution in [1.82, 2.24) is 24.3 Å². The number of nitrogens with one attached hydrogen (secondary N) is 1. The third-order valence-electron chi connectivity index (χ3n) is 6.09. The number of carbonyl (C=O) groups is 2. The molecule has 1 saturated heterocycles. The topological polar surface area (TPSA) is 83.4 Å². The fraction of sp³-hybridized carbons (Fsp3) is 0.385. The molecule has 1 aliphatic rings. The Morgan fingerprint density at radius 3 is 2.79 bits per heavy atom. The fourth-order valence-electron chi connectivity index (χ4n) is 4.43. The van der Waals surface area contributed by atoms with Gasteiger partial charge in [0.05, 0.1) is 17.1 Å². The molecule has 8 nitrogen and oxygen atoms in total. The maximum Gasteiger partial charge on any atom is 0.276 e. The van der Waals surface area contributed by atoms with E-state index >= 15 is 0 Å². The summed E-state index contributed by atoms with van der Waals surface area (Å²) in [5.41, 5.74) is 3.23. The van der Waals surface area contributed by atoms with Gasteiger partial charge in [0.1, 0.15) is 5.69 Å². The highest BCUT2D eigenvalue weighted by atomic mass is 16.2. The van der Waals surface area contributed by atoms with E-state index in [0.717, 1.165) is 48.9 Å². The van der Waals surface area contributed by atoms with Gasteiger partial charge >= 0.3 is 0 Å². The molecule has 0 spiro atoms. The lowest BCUT2D eigenvalue weighted by molar-refractivity contribution is -0.126. The molecule has 0 radical (unpaired) electrons. The molecule has 34 heavy (non-hydrogen) atoms. The van der Waals surface area contributed by atoms with Crippen molar-refractivity contribution in [1.29, 1.82) is 0 Å². The van der Waals surface area contributed by atoms with E-state index in [9.17, 15) is 9.59 Å². The first-order valence-electron chi connectivity index (χ1n) is 11.7. The molecule has 1 fully saturated rings. The largest absolute Gasteiger partial charge is 0.337 e. The monoisotopic (exact) mass is 460 g/mol. The quantitative estimate of drug-likeness (QED) is 0.568. The van der Waals surface area contributed by atoms with Crippen LogP contribution in [-0.4, -0.2) is 69.9 Å². The second kappa shape index (κ2) is 10.6. The van der Waals surface area contributed by atoms with Crippen molar-refractivity contribution in [2.75, 3.05) is 39.0 Å². The third kappa shape index (κ3) is 5.34. The normalized spacial score (nSPS) is 16.8. The number of aryl methyl sites for hydroxylation is 1. The van der Waals surface area contributed by atoms with E-state index in [0.29, 0.717) is 18.2 Å². The number of imidazole rings is 1. The zero-order chi connectivity index (χ0) is 24.1. The number of fused-ring (bicyclic) bond motifs is 1. The Labute approximate surface area is 200 Å². The summed E-state index contributed by atoms with van der Waals surface area (Å²) >= 11 is 0. The van der Waals surface area contributed by atoms with Gasteiger partial charge in [-0.25, -0.2) is 4.98 Å². The van der Waals surface area contributed by atoms with Crippen molar-refractivity contribution < 1.29 is 9.59 Å². The summed E-state index contributed by atoms with van der Waals surface area (Å²) < 4.78 is 2.11. The van der Waals surface area contributed by atoms with Gasteiger partial charge in [0.15, 0.2) is 0 Å². The van der Waals surface area contributed by atoms with Crippen molar-refractivity contribution in [3.8, 4) is 0 Å². The summed E-state index contributed by atoms with van der Waals surface area (Å²) in [6, 6.07) is 11.2. The van der Waals surface area contributed by atoms with Gasteiger partial charge in [-0.2, -0.15) is 0 Å². The van der Waals surface area contributed by atoms with Crippen molar-refractivity contribution >= 4 is 28.8 Å². The van der Waals surface area contributed by atoms with Gasteiger partial charge in [0.2, 0.25) is 11.9 Å². The standard InChI is InChI=1S/C26H32N6O2/c1-19-10-8-13-21-24(19)32(26(28-21)29-25(34)22-12-4-6-15-27-22)20-11-5-7-17-31(18-20)23(33)14-9-16-30(2)3/h4,6,8-10,12-15,20H,5,7,11,16-18H2,1-3H3,(H,28,29,34)/b14-9+. The van der Waals surface area contributed by atoms with Crippen LogP contribution < -0.4 is 5.32 Å². The fourth-order valence-corrected chi connectivity index (χ4v) is 4.43. The lowest BCUT2D eigenvalue weighted by Gasteiger charge is -2.26. The summed E-state index contributed by atoms with van der Waals surface area (Å²) in [5, 5.41) is 2.98. The molecule has 1 aromatic carbocycles. The number of aromatic nitrogens is 3. The van der Waals surface area contributed by atoms with Crippen LogP contribution in [0.1, 0.15) is 41.4 Å². The minimum Gasteiger partial charge on any atom is -0.337 e. The Kier molecular flexibility index (Phi) is 7.37. The molecule has 1 atom stereocenters. The smallest absolute Gasteiger partial charge is 0.276 e. The van der Waals surface area contributed by atoms with Crippen molar-refractivity contribution in [2.24, 2.45) is 0 Å². The first-order chi connectivity index (χ1) is 16.4. The number of hydrogen-bond donors (Lipinski definition) is 1. The number of likely N-dealkylation sites (tertiary alicyclic amines) is 1. The number of benzene rings is 1. The highest BCUT2D eigenvalue weighted by Gasteiger charge is 2.27. The summed E-state index contributed by atoms with van der Waals surface area (Å²) in [4.78, 5) is 38.7. The van der Waals surface area contributed by atoms with Crippen molar-refractivity contribution in [2.45, 2.75) is 32.2 Å². The molecule has 0 bridgehead atoms. The molecular formula is C26H32N6O2. The molecule has 1 aliphatic heterocycles. The average Bonchev–Trinajstić information content (AvgIpc) is 3.01. The lowest BCUT2D eigenvalue weighted by Crippen LogP contribution is -2.35. The zero-order valence-corrected chi connectivity index (χ0v) is 20.1. The third-order valence-corrected chi connectivity index (χ3v) is 6.09. The molecule has 8 heteroatoms. The molecule has 2 aromatic heterocycles. The molecule has 2 amide bonds. The number of rotatable bonds is 6. The molecule has 0 aliphatic carbocycles. The summed E-state index contributed by atoms with van der Waals surface area (Å²) in [7, 11) is 3.95. The second-order valence-corrected chi connectivity index (χ2v) is 9.02. The van der Waals surface area contributed by atoms with Crippen LogP contribution in [0, 0.1) is 6.92 Å². The Morgan fingerprint density at radius 1 is 1.18 bits per heavy atom. The van der Waals surface area contributed by atoms with Crippen LogP contribution >= 0.6 is 0 Å². The average molecular weight is 461 g/mol. The number of anilines is 1. The van der Waals surface area contributed by atoms with Crippen molar-refractivity contribution in [3.05, 3.63) is 66.0 Å². The van der Waals surface area contributed by atoms with Gasteiger partial charge < -0.3 is 14.4 Å². The minimum atomic E-state index is -0.303. The van der Waals surface area contributed by atoms with Crippen LogP contribution in [0.15, 0.2) is 54.7 Å². The predicted molar refractivity (Wildman–Crippen MR) is 134 cm³/mol. The van der Waals surface area contributed by atoms with Crippen LogP contribution in [0.25, 0.3) is 11.0 Å². The summed E-state index contributed by atoms with van der Waals surface area (Å²) in [5.74, 6) is 0.208. The maximum absolute atomic E-state index is 12.9. The van der Waals surface area contributed by atoms with Gasteiger partial charge in [-0.3, -0.25) is 19.9 Å². The van der Waals surface area contributed by atoms with Gasteiger partial charge in [0, 0.05) is 31.9 Å². The van der Waals surface area contributed by atoms with Crippen LogP contribution in [0.4, 0.5) is 5.95 Å². The predicted octanol–water partition coefficient (Wildman–Crippen LogP) is 3.66. The Bertz CT molecular complexity index is 1180. The molecule has 1 unspecified atom stereocenters. The van der Waals surface area contributed by atoms with E-state index in [2.05, 4.69) is 27.9 Å². The Hall–Kier alpha value is -3.52. The molecule has 3 heterocycles. The van der Waals surface area contributed by atoms with E-state index in [4.69, 9.17) is 4.98 Å². The number of pyridine rings is 1. The number of amides is 2. The first-order valence-corrected chi connectivity index (χ1v) is 11.7. The van der Waals surface area contributed by atoms with E-state index in [-0.39, 0.29) is 17.9 Å². The highest BCUT2D eigenvalue weighted by molar-refractivity contribution is 6.02. The van der Waals surface area contributed by atoms with E-state index in [1.807, 2.05) is 42.1 Å². The van der Waals surface area contributed by atoms with E-state index in [1.54, 1.807) is 30.5 Å². The van der Waals surface area contributed by atoms with Crippen LogP contribution in [-0.2, 0) is 4.79 Å². The SMILES string of the molecule is Cc1cccc2nc(NC(=O)c3ccccn3)n(C3CCCCN(C(=O)/C=C/CN(C)C)C3)c12. The van der Waals surface area contributed by atoms with E-state index < -0.39 is 0 Å². The summed E-state index contributed by atoms with van der Waals surface area (Å²) in [6.07, 6.45) is 8.01. The zero-order valence-electron chi connectivity index (χ0n) is 20.1. The number of nitrogens with zero attached hydrogens (tertiary/aromatic N) is 5. The number of carbonyl (C=O) groups excluding carboxylic acids is 2.